The molecule has 0 aliphatic carbocycles. The van der Waals surface area contributed by atoms with E-state index in [4.69, 9.17) is 21.1 Å². The van der Waals surface area contributed by atoms with Gasteiger partial charge in [-0.1, -0.05) is 0 Å². The molecule has 1 aromatic heterocycles. The Balaban J connectivity index is 2.21. The number of carbonyl (C=O) groups excluding carboxylic acids is 1. The average Bonchev–Trinajstić information content (AvgIpc) is 2.83. The summed E-state index contributed by atoms with van der Waals surface area (Å²) < 4.78 is 4.92. The lowest BCUT2D eigenvalue weighted by molar-refractivity contribution is -0.141. The molecule has 92 valence electrons. The zero-order chi connectivity index (χ0) is 12.6. The van der Waals surface area contributed by atoms with Crippen molar-refractivity contribution < 1.29 is 24.2 Å². The molecule has 1 aliphatic rings. The van der Waals surface area contributed by atoms with Gasteiger partial charge < -0.3 is 19.5 Å². The summed E-state index contributed by atoms with van der Waals surface area (Å²) in [5.41, 5.74) is 0. The van der Waals surface area contributed by atoms with Gasteiger partial charge in [-0.15, -0.1) is 0 Å². The molecule has 1 aromatic rings. The van der Waals surface area contributed by atoms with Crippen molar-refractivity contribution >= 4 is 23.5 Å². The summed E-state index contributed by atoms with van der Waals surface area (Å²) in [6, 6.07) is 1.74. The molecule has 0 radical (unpaired) electrons. The lowest BCUT2D eigenvalue weighted by atomic mass is 10.2. The van der Waals surface area contributed by atoms with Gasteiger partial charge in [0.2, 0.25) is 0 Å². The van der Waals surface area contributed by atoms with Gasteiger partial charge >= 0.3 is 5.97 Å². The summed E-state index contributed by atoms with van der Waals surface area (Å²) in [7, 11) is 0. The van der Waals surface area contributed by atoms with Crippen molar-refractivity contribution in [1.29, 1.82) is 0 Å². The molecule has 6 nitrogen and oxygen atoms in total. The van der Waals surface area contributed by atoms with Crippen LogP contribution >= 0.6 is 11.6 Å². The fourth-order valence-electron chi connectivity index (χ4n) is 1.84. The lowest BCUT2D eigenvalue weighted by Crippen LogP contribution is -2.40. The molecular formula is C10H10ClNO5. The van der Waals surface area contributed by atoms with Crippen LogP contribution in [0.1, 0.15) is 17.0 Å². The van der Waals surface area contributed by atoms with E-state index >= 15 is 0 Å². The highest BCUT2D eigenvalue weighted by atomic mass is 35.5. The first-order valence-corrected chi connectivity index (χ1v) is 5.34. The fourth-order valence-corrected chi connectivity index (χ4v) is 1.99. The number of carboxylic acid groups (broad SMARTS) is 1. The van der Waals surface area contributed by atoms with E-state index < -0.39 is 24.0 Å². The van der Waals surface area contributed by atoms with Crippen LogP contribution in [-0.4, -0.2) is 45.7 Å². The second-order valence-corrected chi connectivity index (χ2v) is 4.18. The largest absolute Gasteiger partial charge is 0.480 e. The summed E-state index contributed by atoms with van der Waals surface area (Å²) in [5.74, 6) is -1.76. The minimum absolute atomic E-state index is 0.0197. The Bertz CT molecular complexity index is 457. The number of aliphatic hydroxyl groups is 1. The van der Waals surface area contributed by atoms with Crippen LogP contribution in [-0.2, 0) is 4.79 Å². The van der Waals surface area contributed by atoms with Crippen molar-refractivity contribution in [2.24, 2.45) is 0 Å². The van der Waals surface area contributed by atoms with E-state index in [1.54, 1.807) is 0 Å². The SMILES string of the molecule is O=C(O)[C@H]1C[C@@H](O)CN1C(=O)c1ccc(Cl)o1. The number of hydrogen-bond donors (Lipinski definition) is 2. The zero-order valence-electron chi connectivity index (χ0n) is 8.67. The fraction of sp³-hybridized carbons (Fsp3) is 0.400. The Labute approximate surface area is 101 Å². The number of carboxylic acids is 1. The number of rotatable bonds is 2. The van der Waals surface area contributed by atoms with Crippen LogP contribution in [0.3, 0.4) is 0 Å². The van der Waals surface area contributed by atoms with Gasteiger partial charge in [0.25, 0.3) is 5.91 Å². The molecule has 0 saturated carbocycles. The maximum absolute atomic E-state index is 11.9. The molecule has 0 bridgehead atoms. The molecule has 1 aliphatic heterocycles. The van der Waals surface area contributed by atoms with E-state index in [2.05, 4.69) is 0 Å². The molecule has 0 unspecified atom stereocenters. The van der Waals surface area contributed by atoms with Gasteiger partial charge in [-0.3, -0.25) is 4.79 Å². The van der Waals surface area contributed by atoms with E-state index in [-0.39, 0.29) is 23.9 Å². The number of halogens is 1. The minimum Gasteiger partial charge on any atom is -0.480 e. The number of β-amino-alcohol motifs (C(OH)–C–C–N with tert-alkyl or cyclic N) is 1. The molecular weight excluding hydrogens is 250 g/mol. The predicted octanol–water partition coefficient (Wildman–Crippen LogP) is 0.593. The van der Waals surface area contributed by atoms with Crippen molar-refractivity contribution in [1.82, 2.24) is 4.90 Å². The molecule has 2 N–H and O–H groups in total. The predicted molar refractivity (Wildman–Crippen MR) is 56.8 cm³/mol. The second kappa shape index (κ2) is 4.38. The van der Waals surface area contributed by atoms with Crippen molar-refractivity contribution in [3.8, 4) is 0 Å². The Morgan fingerprint density at radius 2 is 2.18 bits per heavy atom. The number of nitrogens with zero attached hydrogens (tertiary/aromatic N) is 1. The van der Waals surface area contributed by atoms with Crippen LogP contribution in [0.2, 0.25) is 5.22 Å². The van der Waals surface area contributed by atoms with E-state index in [0.717, 1.165) is 4.90 Å². The van der Waals surface area contributed by atoms with Crippen LogP contribution < -0.4 is 0 Å². The number of furan rings is 1. The maximum Gasteiger partial charge on any atom is 0.326 e. The highest BCUT2D eigenvalue weighted by molar-refractivity contribution is 6.29. The molecule has 2 rings (SSSR count). The van der Waals surface area contributed by atoms with Gasteiger partial charge in [0.15, 0.2) is 11.0 Å². The highest BCUT2D eigenvalue weighted by Crippen LogP contribution is 2.22. The third kappa shape index (κ3) is 2.27. The molecule has 1 saturated heterocycles. The van der Waals surface area contributed by atoms with Crippen LogP contribution in [0.4, 0.5) is 0 Å². The van der Waals surface area contributed by atoms with Gasteiger partial charge in [0.05, 0.1) is 6.10 Å². The molecule has 0 spiro atoms. The van der Waals surface area contributed by atoms with Gasteiger partial charge in [-0.2, -0.15) is 0 Å². The average molecular weight is 260 g/mol. The quantitative estimate of drug-likeness (QED) is 0.811. The zero-order valence-corrected chi connectivity index (χ0v) is 9.42. The van der Waals surface area contributed by atoms with Gasteiger partial charge in [0, 0.05) is 13.0 Å². The maximum atomic E-state index is 11.9. The Morgan fingerprint density at radius 3 is 2.71 bits per heavy atom. The smallest absolute Gasteiger partial charge is 0.326 e. The molecule has 1 amide bonds. The lowest BCUT2D eigenvalue weighted by Gasteiger charge is -2.19. The first kappa shape index (κ1) is 11.9. The van der Waals surface area contributed by atoms with Crippen LogP contribution in [0.25, 0.3) is 0 Å². The molecule has 1 fully saturated rings. The third-order valence-electron chi connectivity index (χ3n) is 2.61. The number of hydrogen-bond acceptors (Lipinski definition) is 4. The van der Waals surface area contributed by atoms with Gasteiger partial charge in [-0.05, 0) is 23.7 Å². The van der Waals surface area contributed by atoms with E-state index in [1.165, 1.54) is 12.1 Å². The number of aliphatic hydroxyl groups excluding tert-OH is 1. The van der Waals surface area contributed by atoms with Gasteiger partial charge in [-0.25, -0.2) is 4.79 Å². The van der Waals surface area contributed by atoms with Gasteiger partial charge in [0.1, 0.15) is 6.04 Å². The summed E-state index contributed by atoms with van der Waals surface area (Å²) >= 11 is 5.54. The summed E-state index contributed by atoms with van der Waals surface area (Å²) in [4.78, 5) is 23.9. The Kier molecular flexibility index (Phi) is 3.08. The van der Waals surface area contributed by atoms with Crippen molar-refractivity contribution in [3.63, 3.8) is 0 Å². The standard InChI is InChI=1S/C10H10ClNO5/c11-8-2-1-7(17-8)9(14)12-4-5(13)3-6(12)10(15)16/h1-2,5-6,13H,3-4H2,(H,15,16)/t5-,6-/m1/s1. The topological polar surface area (TPSA) is 91.0 Å². The summed E-state index contributed by atoms with van der Waals surface area (Å²) in [6.45, 7) is -0.0197. The first-order valence-electron chi connectivity index (χ1n) is 4.96. The van der Waals surface area contributed by atoms with Crippen LogP contribution in [0.5, 0.6) is 0 Å². The second-order valence-electron chi connectivity index (χ2n) is 3.80. The molecule has 2 heterocycles. The van der Waals surface area contributed by atoms with Crippen LogP contribution in [0, 0.1) is 0 Å². The number of likely N-dealkylation sites (tertiary alicyclic amines) is 1. The molecule has 17 heavy (non-hydrogen) atoms. The highest BCUT2D eigenvalue weighted by Gasteiger charge is 2.40. The summed E-state index contributed by atoms with van der Waals surface area (Å²) in [6.07, 6.45) is -0.805. The van der Waals surface area contributed by atoms with E-state index in [9.17, 15) is 14.7 Å². The number of carbonyl (C=O) groups is 2. The minimum atomic E-state index is -1.15. The molecule has 2 atom stereocenters. The monoisotopic (exact) mass is 259 g/mol. The Hall–Kier alpha value is -1.53. The van der Waals surface area contributed by atoms with E-state index in [1.807, 2.05) is 0 Å². The van der Waals surface area contributed by atoms with Crippen LogP contribution in [0.15, 0.2) is 16.5 Å². The van der Waals surface area contributed by atoms with Crippen molar-refractivity contribution in [2.75, 3.05) is 6.54 Å². The van der Waals surface area contributed by atoms with Crippen molar-refractivity contribution in [2.45, 2.75) is 18.6 Å². The van der Waals surface area contributed by atoms with Crippen molar-refractivity contribution in [3.05, 3.63) is 23.1 Å². The molecule has 7 heteroatoms. The molecule has 0 aromatic carbocycles. The first-order chi connectivity index (χ1) is 7.99. The third-order valence-corrected chi connectivity index (χ3v) is 2.81. The number of amides is 1. The Morgan fingerprint density at radius 1 is 1.47 bits per heavy atom. The normalized spacial score (nSPS) is 24.0. The number of aliphatic carboxylic acids is 1. The summed E-state index contributed by atoms with van der Waals surface area (Å²) in [5, 5.41) is 18.4. The van der Waals surface area contributed by atoms with E-state index in [0.29, 0.717) is 0 Å².